The quantitative estimate of drug-likeness (QED) is 0.619. The molecular weight excluding hydrogens is 264 g/mol. The molecule has 1 saturated heterocycles. The summed E-state index contributed by atoms with van der Waals surface area (Å²) < 4.78 is 5.30. The molecule has 1 aromatic heterocycles. The summed E-state index contributed by atoms with van der Waals surface area (Å²) in [7, 11) is 0. The topological polar surface area (TPSA) is 126 Å². The number of hydrogen-bond donors (Lipinski definition) is 3. The van der Waals surface area contributed by atoms with E-state index >= 15 is 0 Å². The lowest BCUT2D eigenvalue weighted by Gasteiger charge is -2.33. The number of carbonyl (C=O) groups excluding carboxylic acids is 2. The lowest BCUT2D eigenvalue weighted by Crippen LogP contribution is -2.56. The summed E-state index contributed by atoms with van der Waals surface area (Å²) in [6.45, 7) is 0.915. The van der Waals surface area contributed by atoms with Gasteiger partial charge in [0.1, 0.15) is 6.04 Å². The maximum absolute atomic E-state index is 12.3. The van der Waals surface area contributed by atoms with E-state index in [-0.39, 0.29) is 30.3 Å². The zero-order valence-corrected chi connectivity index (χ0v) is 10.8. The van der Waals surface area contributed by atoms with Crippen molar-refractivity contribution in [1.82, 2.24) is 25.4 Å². The van der Waals surface area contributed by atoms with Gasteiger partial charge in [0.25, 0.3) is 5.91 Å². The van der Waals surface area contributed by atoms with Crippen LogP contribution in [-0.2, 0) is 9.53 Å². The first kappa shape index (κ1) is 12.9. The van der Waals surface area contributed by atoms with Crippen molar-refractivity contribution in [2.75, 3.05) is 25.5 Å². The number of aromatic nitrogens is 3. The average molecular weight is 280 g/mol. The molecule has 1 unspecified atom stereocenters. The molecule has 0 aromatic carbocycles. The highest BCUT2D eigenvalue weighted by Gasteiger charge is 2.36. The molecule has 1 aromatic rings. The summed E-state index contributed by atoms with van der Waals surface area (Å²) in [5.74, 6) is -0.546. The molecule has 2 aliphatic rings. The van der Waals surface area contributed by atoms with E-state index in [0.29, 0.717) is 13.2 Å². The van der Waals surface area contributed by atoms with Gasteiger partial charge in [-0.25, -0.2) is 0 Å². The SMILES string of the molecule is Nc1n[nH]c(C(=O)N2CCOCC2C(=O)NC2CC2)n1. The highest BCUT2D eigenvalue weighted by Crippen LogP contribution is 2.20. The number of aromatic amines is 1. The molecule has 1 aliphatic heterocycles. The Morgan fingerprint density at radius 3 is 2.90 bits per heavy atom. The van der Waals surface area contributed by atoms with Crippen molar-refractivity contribution < 1.29 is 14.3 Å². The molecular formula is C11H16N6O3. The molecule has 2 amide bonds. The molecule has 1 saturated carbocycles. The Balaban J connectivity index is 1.73. The first-order valence-electron chi connectivity index (χ1n) is 6.52. The van der Waals surface area contributed by atoms with Crippen molar-refractivity contribution in [3.8, 4) is 0 Å². The number of H-pyrrole nitrogens is 1. The minimum Gasteiger partial charge on any atom is -0.377 e. The second-order valence-corrected chi connectivity index (χ2v) is 4.91. The Kier molecular flexibility index (Phi) is 3.26. The van der Waals surface area contributed by atoms with Crippen LogP contribution >= 0.6 is 0 Å². The summed E-state index contributed by atoms with van der Waals surface area (Å²) in [5, 5.41) is 8.97. The number of amides is 2. The molecule has 108 valence electrons. The number of hydrogen-bond acceptors (Lipinski definition) is 6. The summed E-state index contributed by atoms with van der Waals surface area (Å²) in [6.07, 6.45) is 1.98. The van der Waals surface area contributed by atoms with Crippen molar-refractivity contribution >= 4 is 17.8 Å². The lowest BCUT2D eigenvalue weighted by atomic mass is 10.2. The number of nitrogens with two attached hydrogens (primary N) is 1. The largest absolute Gasteiger partial charge is 0.377 e. The van der Waals surface area contributed by atoms with E-state index in [9.17, 15) is 9.59 Å². The molecule has 20 heavy (non-hydrogen) atoms. The summed E-state index contributed by atoms with van der Waals surface area (Å²) in [5.41, 5.74) is 5.39. The Labute approximate surface area is 114 Å². The number of carbonyl (C=O) groups is 2. The Bertz CT molecular complexity index is 526. The van der Waals surface area contributed by atoms with Gasteiger partial charge in [0.05, 0.1) is 13.2 Å². The highest BCUT2D eigenvalue weighted by atomic mass is 16.5. The minimum absolute atomic E-state index is 0.000548. The fraction of sp³-hybridized carbons (Fsp3) is 0.636. The van der Waals surface area contributed by atoms with Gasteiger partial charge in [-0.05, 0) is 12.8 Å². The molecule has 3 rings (SSSR count). The van der Waals surface area contributed by atoms with Crippen LogP contribution in [0.15, 0.2) is 0 Å². The van der Waals surface area contributed by atoms with Crippen LogP contribution in [0.25, 0.3) is 0 Å². The Morgan fingerprint density at radius 1 is 1.45 bits per heavy atom. The average Bonchev–Trinajstić information content (AvgIpc) is 3.16. The normalized spacial score (nSPS) is 22.6. The summed E-state index contributed by atoms with van der Waals surface area (Å²) in [6, 6.07) is -0.398. The number of anilines is 1. The third-order valence-electron chi connectivity index (χ3n) is 3.32. The monoisotopic (exact) mass is 280 g/mol. The van der Waals surface area contributed by atoms with Crippen LogP contribution in [-0.4, -0.2) is 63.7 Å². The van der Waals surface area contributed by atoms with Crippen LogP contribution in [0.4, 0.5) is 5.95 Å². The molecule has 2 heterocycles. The first-order valence-corrected chi connectivity index (χ1v) is 6.52. The van der Waals surface area contributed by atoms with Gasteiger partial charge < -0.3 is 20.7 Å². The van der Waals surface area contributed by atoms with Crippen molar-refractivity contribution in [3.63, 3.8) is 0 Å². The van der Waals surface area contributed by atoms with E-state index in [4.69, 9.17) is 10.5 Å². The van der Waals surface area contributed by atoms with Crippen LogP contribution in [0.2, 0.25) is 0 Å². The molecule has 1 aliphatic carbocycles. The fourth-order valence-corrected chi connectivity index (χ4v) is 2.10. The van der Waals surface area contributed by atoms with Crippen molar-refractivity contribution in [2.45, 2.75) is 24.9 Å². The van der Waals surface area contributed by atoms with E-state index in [1.54, 1.807) is 0 Å². The smallest absolute Gasteiger partial charge is 0.292 e. The minimum atomic E-state index is -0.636. The third-order valence-corrected chi connectivity index (χ3v) is 3.32. The maximum atomic E-state index is 12.3. The standard InChI is InChI=1S/C11H16N6O3/c12-11-14-8(15-16-11)10(19)17-3-4-20-5-7(17)9(18)13-6-1-2-6/h6-7H,1-5H2,(H,13,18)(H3,12,14,15,16). The number of rotatable bonds is 3. The second kappa shape index (κ2) is 5.08. The molecule has 4 N–H and O–H groups in total. The number of nitrogen functional groups attached to an aromatic ring is 1. The third kappa shape index (κ3) is 2.57. The molecule has 0 radical (unpaired) electrons. The van der Waals surface area contributed by atoms with Crippen molar-refractivity contribution in [2.24, 2.45) is 0 Å². The number of ether oxygens (including phenoxy) is 1. The van der Waals surface area contributed by atoms with Crippen LogP contribution in [0.3, 0.4) is 0 Å². The van der Waals surface area contributed by atoms with E-state index < -0.39 is 11.9 Å². The predicted molar refractivity (Wildman–Crippen MR) is 67.6 cm³/mol. The van der Waals surface area contributed by atoms with Crippen LogP contribution < -0.4 is 11.1 Å². The Morgan fingerprint density at radius 2 is 2.25 bits per heavy atom. The van der Waals surface area contributed by atoms with Gasteiger partial charge in [0.15, 0.2) is 0 Å². The number of morpholine rings is 1. The van der Waals surface area contributed by atoms with Gasteiger partial charge >= 0.3 is 0 Å². The van der Waals surface area contributed by atoms with Gasteiger partial charge in [-0.2, -0.15) is 4.98 Å². The highest BCUT2D eigenvalue weighted by molar-refractivity contribution is 5.95. The van der Waals surface area contributed by atoms with E-state index in [1.807, 2.05) is 0 Å². The van der Waals surface area contributed by atoms with Gasteiger partial charge in [0, 0.05) is 12.6 Å². The zero-order chi connectivity index (χ0) is 14.1. The molecule has 2 fully saturated rings. The van der Waals surface area contributed by atoms with Crippen molar-refractivity contribution in [1.29, 1.82) is 0 Å². The van der Waals surface area contributed by atoms with Gasteiger partial charge in [-0.1, -0.05) is 0 Å². The van der Waals surface area contributed by atoms with Gasteiger partial charge in [0.2, 0.25) is 17.7 Å². The van der Waals surface area contributed by atoms with Crippen LogP contribution in [0.1, 0.15) is 23.5 Å². The lowest BCUT2D eigenvalue weighted by molar-refractivity contribution is -0.130. The molecule has 1 atom stereocenters. The Hall–Kier alpha value is -2.16. The van der Waals surface area contributed by atoms with Crippen LogP contribution in [0.5, 0.6) is 0 Å². The summed E-state index contributed by atoms with van der Waals surface area (Å²) >= 11 is 0. The summed E-state index contributed by atoms with van der Waals surface area (Å²) in [4.78, 5) is 29.7. The van der Waals surface area contributed by atoms with Crippen LogP contribution in [0, 0.1) is 0 Å². The molecule has 0 spiro atoms. The number of nitrogens with one attached hydrogen (secondary N) is 2. The first-order chi connectivity index (χ1) is 9.65. The van der Waals surface area contributed by atoms with E-state index in [0.717, 1.165) is 12.8 Å². The van der Waals surface area contributed by atoms with Gasteiger partial charge in [-0.3, -0.25) is 14.7 Å². The van der Waals surface area contributed by atoms with Gasteiger partial charge in [-0.15, -0.1) is 5.10 Å². The van der Waals surface area contributed by atoms with Crippen molar-refractivity contribution in [3.05, 3.63) is 5.82 Å². The van der Waals surface area contributed by atoms with E-state index in [1.165, 1.54) is 4.90 Å². The predicted octanol–water partition coefficient (Wildman–Crippen LogP) is -1.49. The number of nitrogens with zero attached hydrogens (tertiary/aromatic N) is 3. The molecule has 9 nitrogen and oxygen atoms in total. The zero-order valence-electron chi connectivity index (χ0n) is 10.8. The maximum Gasteiger partial charge on any atom is 0.292 e. The second-order valence-electron chi connectivity index (χ2n) is 4.91. The molecule has 9 heteroatoms. The molecule has 0 bridgehead atoms. The fourth-order valence-electron chi connectivity index (χ4n) is 2.10. The van der Waals surface area contributed by atoms with E-state index in [2.05, 4.69) is 20.5 Å².